The fourth-order valence-electron chi connectivity index (χ4n) is 1.24. The van der Waals surface area contributed by atoms with Gasteiger partial charge in [0.2, 0.25) is 0 Å². The third-order valence-electron chi connectivity index (χ3n) is 2.07. The number of benzene rings is 1. The Morgan fingerprint density at radius 3 is 2.88 bits per heavy atom. The minimum atomic E-state index is -0.872. The molecule has 0 spiro atoms. The van der Waals surface area contributed by atoms with E-state index < -0.39 is 23.6 Å². The fourth-order valence-corrected chi connectivity index (χ4v) is 1.45. The second-order valence-electron chi connectivity index (χ2n) is 3.21. The smallest absolute Gasteiger partial charge is 0.307 e. The summed E-state index contributed by atoms with van der Waals surface area (Å²) in [5.74, 6) is -2.02. The second kappa shape index (κ2) is 5.14. The molecule has 1 aromatic rings. The highest BCUT2D eigenvalue weighted by Gasteiger charge is 2.18. The highest BCUT2D eigenvalue weighted by molar-refractivity contribution is 6.30. The molecule has 0 amide bonds. The summed E-state index contributed by atoms with van der Waals surface area (Å²) in [6.45, 7) is 0. The van der Waals surface area contributed by atoms with Gasteiger partial charge in [-0.05, 0) is 12.1 Å². The lowest BCUT2D eigenvalue weighted by Gasteiger charge is -2.13. The van der Waals surface area contributed by atoms with Gasteiger partial charge in [-0.15, -0.1) is 0 Å². The first-order valence-electron chi connectivity index (χ1n) is 4.46. The van der Waals surface area contributed by atoms with Crippen molar-refractivity contribution in [3.63, 3.8) is 0 Å². The highest BCUT2D eigenvalue weighted by atomic mass is 35.5. The number of hydrogen-bond donors (Lipinski definition) is 2. The minimum absolute atomic E-state index is 0.0791. The van der Waals surface area contributed by atoms with Crippen LogP contribution in [-0.4, -0.2) is 18.2 Å². The van der Waals surface area contributed by atoms with Crippen molar-refractivity contribution in [2.24, 2.45) is 5.73 Å². The molecule has 0 aromatic heterocycles. The van der Waals surface area contributed by atoms with Crippen molar-refractivity contribution in [2.45, 2.75) is 12.5 Å². The standard InChI is InChI=1S/C10H11ClFNO3/c1-16-9(14)4-8(13)6-2-5(11)3-7(12)10(6)15/h2-3,8,15H,4,13H2,1H3/t8-/m0/s1. The maximum Gasteiger partial charge on any atom is 0.307 e. The number of carbonyl (C=O) groups is 1. The van der Waals surface area contributed by atoms with E-state index in [0.717, 1.165) is 6.07 Å². The SMILES string of the molecule is COC(=O)C[C@H](N)c1cc(Cl)cc(F)c1O. The molecule has 1 atom stereocenters. The Morgan fingerprint density at radius 1 is 1.69 bits per heavy atom. The van der Waals surface area contributed by atoms with Crippen LogP contribution >= 0.6 is 11.6 Å². The van der Waals surface area contributed by atoms with Gasteiger partial charge in [0, 0.05) is 16.6 Å². The monoisotopic (exact) mass is 247 g/mol. The van der Waals surface area contributed by atoms with E-state index in [2.05, 4.69) is 4.74 Å². The molecule has 0 saturated heterocycles. The molecule has 0 fully saturated rings. The lowest BCUT2D eigenvalue weighted by atomic mass is 10.0. The molecule has 0 saturated carbocycles. The number of phenolic OH excluding ortho intramolecular Hbond substituents is 1. The molecule has 6 heteroatoms. The molecule has 0 aliphatic carbocycles. The number of halogens is 2. The van der Waals surface area contributed by atoms with Crippen molar-refractivity contribution >= 4 is 17.6 Å². The quantitative estimate of drug-likeness (QED) is 0.798. The Bertz CT molecular complexity index is 411. The number of hydrogen-bond acceptors (Lipinski definition) is 4. The van der Waals surface area contributed by atoms with Gasteiger partial charge in [-0.25, -0.2) is 4.39 Å². The van der Waals surface area contributed by atoms with E-state index >= 15 is 0 Å². The molecule has 0 aliphatic heterocycles. The summed E-state index contributed by atoms with van der Waals surface area (Å²) in [7, 11) is 1.22. The van der Waals surface area contributed by atoms with E-state index in [9.17, 15) is 14.3 Å². The molecular formula is C10H11ClFNO3. The average molecular weight is 248 g/mol. The van der Waals surface area contributed by atoms with Gasteiger partial charge >= 0.3 is 5.97 Å². The summed E-state index contributed by atoms with van der Waals surface area (Å²) < 4.78 is 17.5. The Balaban J connectivity index is 2.99. The fraction of sp³-hybridized carbons (Fsp3) is 0.300. The van der Waals surface area contributed by atoms with Crippen LogP contribution in [0.5, 0.6) is 5.75 Å². The zero-order chi connectivity index (χ0) is 12.3. The van der Waals surface area contributed by atoms with Crippen LogP contribution in [0.2, 0.25) is 5.02 Å². The van der Waals surface area contributed by atoms with E-state index in [1.165, 1.54) is 13.2 Å². The first kappa shape index (κ1) is 12.7. The van der Waals surface area contributed by atoms with Gasteiger partial charge in [0.15, 0.2) is 11.6 Å². The topological polar surface area (TPSA) is 72.5 Å². The number of aromatic hydroxyl groups is 1. The zero-order valence-corrected chi connectivity index (χ0v) is 9.29. The molecule has 4 nitrogen and oxygen atoms in total. The summed E-state index contributed by atoms with van der Waals surface area (Å²) in [6, 6.07) is 1.42. The molecule has 88 valence electrons. The lowest BCUT2D eigenvalue weighted by molar-refractivity contribution is -0.141. The Hall–Kier alpha value is -1.33. The van der Waals surface area contributed by atoms with Crippen molar-refractivity contribution in [1.82, 2.24) is 0 Å². The molecule has 0 bridgehead atoms. The predicted molar refractivity (Wildman–Crippen MR) is 56.6 cm³/mol. The molecule has 0 aliphatic rings. The van der Waals surface area contributed by atoms with Gasteiger partial charge in [-0.2, -0.15) is 0 Å². The summed E-state index contributed by atoms with van der Waals surface area (Å²) >= 11 is 5.61. The summed E-state index contributed by atoms with van der Waals surface area (Å²) in [6.07, 6.45) is -0.163. The number of phenols is 1. The van der Waals surface area contributed by atoms with Gasteiger partial charge < -0.3 is 15.6 Å². The molecule has 0 unspecified atom stereocenters. The van der Waals surface area contributed by atoms with Crippen LogP contribution in [-0.2, 0) is 9.53 Å². The maximum atomic E-state index is 13.1. The molecule has 1 aromatic carbocycles. The minimum Gasteiger partial charge on any atom is -0.505 e. The first-order valence-corrected chi connectivity index (χ1v) is 4.83. The molecule has 16 heavy (non-hydrogen) atoms. The van der Waals surface area contributed by atoms with Crippen LogP contribution in [0.25, 0.3) is 0 Å². The molecule has 0 radical (unpaired) electrons. The lowest BCUT2D eigenvalue weighted by Crippen LogP contribution is -2.16. The van der Waals surface area contributed by atoms with E-state index in [0.29, 0.717) is 0 Å². The van der Waals surface area contributed by atoms with Crippen molar-refractivity contribution in [1.29, 1.82) is 0 Å². The maximum absolute atomic E-state index is 13.1. The van der Waals surface area contributed by atoms with Crippen molar-refractivity contribution in [3.05, 3.63) is 28.5 Å². The zero-order valence-electron chi connectivity index (χ0n) is 8.54. The van der Waals surface area contributed by atoms with Crippen molar-refractivity contribution in [3.8, 4) is 5.75 Å². The highest BCUT2D eigenvalue weighted by Crippen LogP contribution is 2.30. The number of rotatable bonds is 3. The van der Waals surface area contributed by atoms with Crippen LogP contribution < -0.4 is 5.73 Å². The Labute approximate surface area is 96.8 Å². The van der Waals surface area contributed by atoms with Crippen molar-refractivity contribution < 1.29 is 19.0 Å². The molecular weight excluding hydrogens is 237 g/mol. The Morgan fingerprint density at radius 2 is 2.31 bits per heavy atom. The Kier molecular flexibility index (Phi) is 4.09. The van der Waals surface area contributed by atoms with E-state index in [1.807, 2.05) is 0 Å². The van der Waals surface area contributed by atoms with Crippen LogP contribution in [0.3, 0.4) is 0 Å². The average Bonchev–Trinajstić information content (AvgIpc) is 2.22. The van der Waals surface area contributed by atoms with Crippen LogP contribution in [0, 0.1) is 5.82 Å². The predicted octanol–water partition coefficient (Wildman–Crippen LogP) is 1.75. The molecule has 3 N–H and O–H groups in total. The summed E-state index contributed by atoms with van der Waals surface area (Å²) in [5, 5.41) is 9.51. The van der Waals surface area contributed by atoms with E-state index in [1.54, 1.807) is 0 Å². The number of carbonyl (C=O) groups excluding carboxylic acids is 1. The number of nitrogens with two attached hydrogens (primary N) is 1. The molecule has 1 rings (SSSR count). The second-order valence-corrected chi connectivity index (χ2v) is 3.65. The number of esters is 1. The van der Waals surface area contributed by atoms with E-state index in [-0.39, 0.29) is 17.0 Å². The normalized spacial score (nSPS) is 12.2. The van der Waals surface area contributed by atoms with Gasteiger partial charge in [-0.3, -0.25) is 4.79 Å². The third kappa shape index (κ3) is 2.84. The summed E-state index contributed by atoms with van der Waals surface area (Å²) in [4.78, 5) is 11.0. The first-order chi connectivity index (χ1) is 7.45. The largest absolute Gasteiger partial charge is 0.505 e. The van der Waals surface area contributed by atoms with Crippen LogP contribution in [0.15, 0.2) is 12.1 Å². The molecule has 0 heterocycles. The van der Waals surface area contributed by atoms with Gasteiger partial charge in [-0.1, -0.05) is 11.6 Å². The number of ether oxygens (including phenoxy) is 1. The third-order valence-corrected chi connectivity index (χ3v) is 2.29. The van der Waals surface area contributed by atoms with E-state index in [4.69, 9.17) is 17.3 Å². The van der Waals surface area contributed by atoms with Crippen LogP contribution in [0.1, 0.15) is 18.0 Å². The van der Waals surface area contributed by atoms with Gasteiger partial charge in [0.1, 0.15) is 0 Å². The van der Waals surface area contributed by atoms with Gasteiger partial charge in [0.05, 0.1) is 13.5 Å². The van der Waals surface area contributed by atoms with Crippen molar-refractivity contribution in [2.75, 3.05) is 7.11 Å². The van der Waals surface area contributed by atoms with Gasteiger partial charge in [0.25, 0.3) is 0 Å². The summed E-state index contributed by atoms with van der Waals surface area (Å²) in [5.41, 5.74) is 5.70. The number of methoxy groups -OCH3 is 1. The van der Waals surface area contributed by atoms with Crippen LogP contribution in [0.4, 0.5) is 4.39 Å².